The predicted octanol–water partition coefficient (Wildman–Crippen LogP) is 4.22. The van der Waals surface area contributed by atoms with Gasteiger partial charge in [-0.15, -0.1) is 0 Å². The molecule has 0 amide bonds. The second kappa shape index (κ2) is 6.02. The molecule has 0 aliphatic heterocycles. The fourth-order valence-electron chi connectivity index (χ4n) is 2.45. The Balaban J connectivity index is 1.73. The Labute approximate surface area is 123 Å². The average molecular weight is 280 g/mol. The van der Waals surface area contributed by atoms with E-state index >= 15 is 0 Å². The van der Waals surface area contributed by atoms with E-state index in [2.05, 4.69) is 28.5 Å². The van der Waals surface area contributed by atoms with Gasteiger partial charge in [0.05, 0.1) is 0 Å². The highest BCUT2D eigenvalue weighted by Crippen LogP contribution is 2.18. The first-order chi connectivity index (χ1) is 10.2. The van der Waals surface area contributed by atoms with Crippen molar-refractivity contribution in [1.82, 2.24) is 10.3 Å². The number of halogens is 1. The first-order valence-corrected chi connectivity index (χ1v) is 7.04. The fraction of sp³-hybridized carbons (Fsp3) is 0.167. The number of hydrogen-bond acceptors (Lipinski definition) is 2. The van der Waals surface area contributed by atoms with Gasteiger partial charge in [-0.1, -0.05) is 30.3 Å². The van der Waals surface area contributed by atoms with Crippen molar-refractivity contribution in [3.63, 3.8) is 0 Å². The molecule has 106 valence electrons. The van der Waals surface area contributed by atoms with Gasteiger partial charge in [-0.25, -0.2) is 4.39 Å². The second-order valence-corrected chi connectivity index (χ2v) is 5.18. The Hall–Kier alpha value is -2.26. The third-order valence-corrected chi connectivity index (χ3v) is 3.69. The molecule has 1 N–H and O–H groups in total. The molecule has 2 aromatic carbocycles. The molecule has 3 heteroatoms. The monoisotopic (exact) mass is 280 g/mol. The Morgan fingerprint density at radius 1 is 1.10 bits per heavy atom. The van der Waals surface area contributed by atoms with Crippen LogP contribution in [0.2, 0.25) is 0 Å². The molecule has 2 nitrogen and oxygen atoms in total. The number of nitrogens with one attached hydrogen (secondary N) is 1. The van der Waals surface area contributed by atoms with Gasteiger partial charge in [0.2, 0.25) is 0 Å². The van der Waals surface area contributed by atoms with Crippen molar-refractivity contribution in [2.24, 2.45) is 0 Å². The fourth-order valence-corrected chi connectivity index (χ4v) is 2.45. The van der Waals surface area contributed by atoms with Crippen molar-refractivity contribution in [2.45, 2.75) is 19.5 Å². The molecule has 1 atom stereocenters. The quantitative estimate of drug-likeness (QED) is 0.773. The van der Waals surface area contributed by atoms with Crippen molar-refractivity contribution in [3.8, 4) is 0 Å². The summed E-state index contributed by atoms with van der Waals surface area (Å²) >= 11 is 0. The van der Waals surface area contributed by atoms with Crippen molar-refractivity contribution < 1.29 is 4.39 Å². The highest BCUT2D eigenvalue weighted by molar-refractivity contribution is 5.81. The van der Waals surface area contributed by atoms with Crippen LogP contribution in [0, 0.1) is 5.82 Å². The third kappa shape index (κ3) is 3.09. The molecule has 0 aliphatic rings. The number of nitrogens with zero attached hydrogens (tertiary/aromatic N) is 1. The van der Waals surface area contributed by atoms with Gasteiger partial charge in [0.1, 0.15) is 5.82 Å². The lowest BCUT2D eigenvalue weighted by Gasteiger charge is -2.15. The topological polar surface area (TPSA) is 24.9 Å². The Morgan fingerprint density at radius 3 is 2.81 bits per heavy atom. The van der Waals surface area contributed by atoms with Crippen LogP contribution in [-0.4, -0.2) is 4.98 Å². The first-order valence-electron chi connectivity index (χ1n) is 7.04. The Morgan fingerprint density at radius 2 is 1.95 bits per heavy atom. The van der Waals surface area contributed by atoms with Gasteiger partial charge in [-0.3, -0.25) is 4.98 Å². The maximum Gasteiger partial charge on any atom is 0.127 e. The molecule has 0 radical (unpaired) electrons. The predicted molar refractivity (Wildman–Crippen MR) is 83.4 cm³/mol. The van der Waals surface area contributed by atoms with E-state index in [-0.39, 0.29) is 11.9 Å². The van der Waals surface area contributed by atoms with Gasteiger partial charge in [-0.05, 0) is 36.1 Å². The van der Waals surface area contributed by atoms with E-state index in [0.717, 1.165) is 5.39 Å². The molecule has 3 rings (SSSR count). The highest BCUT2D eigenvalue weighted by atomic mass is 19.1. The smallest absolute Gasteiger partial charge is 0.127 e. The number of fused-ring (bicyclic) bond motifs is 1. The molecule has 0 bridgehead atoms. The van der Waals surface area contributed by atoms with Crippen LogP contribution in [-0.2, 0) is 6.54 Å². The lowest BCUT2D eigenvalue weighted by Crippen LogP contribution is -2.19. The maximum absolute atomic E-state index is 13.7. The van der Waals surface area contributed by atoms with Crippen molar-refractivity contribution in [2.75, 3.05) is 0 Å². The Bertz CT molecular complexity index is 755. The molecule has 0 saturated heterocycles. The number of rotatable bonds is 4. The normalized spacial score (nSPS) is 12.5. The molecule has 1 aromatic heterocycles. The highest BCUT2D eigenvalue weighted by Gasteiger charge is 2.09. The number of pyridine rings is 1. The summed E-state index contributed by atoms with van der Waals surface area (Å²) in [6.45, 7) is 2.68. The third-order valence-electron chi connectivity index (χ3n) is 3.69. The maximum atomic E-state index is 13.7. The molecule has 0 aliphatic carbocycles. The minimum atomic E-state index is -0.165. The molecule has 21 heavy (non-hydrogen) atoms. The van der Waals surface area contributed by atoms with Gasteiger partial charge in [-0.2, -0.15) is 0 Å². The zero-order chi connectivity index (χ0) is 14.7. The summed E-state index contributed by atoms with van der Waals surface area (Å²) in [6, 6.07) is 15.1. The molecule has 0 fully saturated rings. The van der Waals surface area contributed by atoms with Gasteiger partial charge < -0.3 is 5.32 Å². The molecular formula is C18H17FN2. The zero-order valence-corrected chi connectivity index (χ0v) is 11.9. The van der Waals surface area contributed by atoms with Gasteiger partial charge >= 0.3 is 0 Å². The molecule has 0 saturated carbocycles. The van der Waals surface area contributed by atoms with Crippen molar-refractivity contribution in [1.29, 1.82) is 0 Å². The molecule has 1 heterocycles. The van der Waals surface area contributed by atoms with Crippen LogP contribution in [0.4, 0.5) is 4.39 Å². The number of benzene rings is 2. The van der Waals surface area contributed by atoms with Gasteiger partial charge in [0.15, 0.2) is 0 Å². The summed E-state index contributed by atoms with van der Waals surface area (Å²) in [7, 11) is 0. The van der Waals surface area contributed by atoms with Crippen LogP contribution in [0.25, 0.3) is 10.8 Å². The van der Waals surface area contributed by atoms with Crippen LogP contribution in [0.1, 0.15) is 24.1 Å². The largest absolute Gasteiger partial charge is 0.306 e. The van der Waals surface area contributed by atoms with E-state index in [0.29, 0.717) is 12.1 Å². The van der Waals surface area contributed by atoms with E-state index in [1.54, 1.807) is 12.3 Å². The Kier molecular flexibility index (Phi) is 3.93. The summed E-state index contributed by atoms with van der Waals surface area (Å²) < 4.78 is 13.7. The summed E-state index contributed by atoms with van der Waals surface area (Å²) in [6.07, 6.45) is 3.65. The standard InChI is InChI=1S/C18H17FN2/c1-13(17-4-2-3-5-18(17)19)21-11-14-6-7-16-12-20-9-8-15(16)10-14/h2-10,12-13,21H,11H2,1H3. The van der Waals surface area contributed by atoms with Crippen molar-refractivity contribution >= 4 is 10.8 Å². The van der Waals surface area contributed by atoms with Crippen LogP contribution >= 0.6 is 0 Å². The molecule has 1 unspecified atom stereocenters. The van der Waals surface area contributed by atoms with E-state index in [1.165, 1.54) is 17.0 Å². The number of hydrogen-bond donors (Lipinski definition) is 1. The minimum Gasteiger partial charge on any atom is -0.306 e. The van der Waals surface area contributed by atoms with E-state index in [4.69, 9.17) is 0 Å². The van der Waals surface area contributed by atoms with Crippen molar-refractivity contribution in [3.05, 3.63) is 77.9 Å². The summed E-state index contributed by atoms with van der Waals surface area (Å²) in [5, 5.41) is 5.66. The first kappa shape index (κ1) is 13.7. The molecule has 3 aromatic rings. The lowest BCUT2D eigenvalue weighted by molar-refractivity contribution is 0.528. The van der Waals surface area contributed by atoms with Crippen LogP contribution in [0.15, 0.2) is 60.9 Å². The van der Waals surface area contributed by atoms with E-state index in [1.807, 2.05) is 31.3 Å². The van der Waals surface area contributed by atoms with Crippen LogP contribution in [0.5, 0.6) is 0 Å². The average Bonchev–Trinajstić information content (AvgIpc) is 2.53. The summed E-state index contributed by atoms with van der Waals surface area (Å²) in [4.78, 5) is 4.11. The molecule has 0 spiro atoms. The lowest BCUT2D eigenvalue weighted by atomic mass is 10.1. The summed E-state index contributed by atoms with van der Waals surface area (Å²) in [5.41, 5.74) is 1.87. The van der Waals surface area contributed by atoms with E-state index < -0.39 is 0 Å². The van der Waals surface area contributed by atoms with Crippen LogP contribution < -0.4 is 5.32 Å². The van der Waals surface area contributed by atoms with Crippen LogP contribution in [0.3, 0.4) is 0 Å². The second-order valence-electron chi connectivity index (χ2n) is 5.18. The van der Waals surface area contributed by atoms with Gasteiger partial charge in [0.25, 0.3) is 0 Å². The number of aromatic nitrogens is 1. The minimum absolute atomic E-state index is 0.0284. The van der Waals surface area contributed by atoms with Gasteiger partial charge in [0, 0.05) is 35.9 Å². The van der Waals surface area contributed by atoms with E-state index in [9.17, 15) is 4.39 Å². The zero-order valence-electron chi connectivity index (χ0n) is 11.9. The summed E-state index contributed by atoms with van der Waals surface area (Å²) in [5.74, 6) is -0.165. The molecular weight excluding hydrogens is 263 g/mol. The SMILES string of the molecule is CC(NCc1ccc2cnccc2c1)c1ccccc1F.